The molecule has 3 heterocycles. The fourth-order valence-electron chi connectivity index (χ4n) is 5.90. The largest absolute Gasteiger partial charge is 0.489 e. The van der Waals surface area contributed by atoms with E-state index < -0.39 is 28.4 Å². The summed E-state index contributed by atoms with van der Waals surface area (Å²) in [6.45, 7) is 3.39. The molecule has 1 N–H and O–H groups in total. The van der Waals surface area contributed by atoms with Crippen LogP contribution in [0, 0.1) is 41.2 Å². The van der Waals surface area contributed by atoms with Crippen LogP contribution in [0.15, 0.2) is 52.2 Å². The minimum atomic E-state index is -1.30. The van der Waals surface area contributed by atoms with E-state index in [0.29, 0.717) is 39.9 Å². The van der Waals surface area contributed by atoms with Crippen LogP contribution in [0.1, 0.15) is 46.9 Å². The highest BCUT2D eigenvalue weighted by Gasteiger charge is 2.50. The van der Waals surface area contributed by atoms with Crippen molar-refractivity contribution in [3.63, 3.8) is 0 Å². The van der Waals surface area contributed by atoms with Crippen molar-refractivity contribution in [2.24, 2.45) is 11.1 Å². The zero-order valence-electron chi connectivity index (χ0n) is 24.7. The number of pyridine rings is 2. The molecule has 1 aliphatic carbocycles. The number of hydrogen-bond acceptors (Lipinski definition) is 7. The Hall–Kier alpha value is -4.27. The van der Waals surface area contributed by atoms with Gasteiger partial charge in [0.25, 0.3) is 5.91 Å². The first-order chi connectivity index (χ1) is 22.0. The lowest BCUT2D eigenvalue weighted by Gasteiger charge is -2.30. The molecule has 0 saturated heterocycles. The Morgan fingerprint density at radius 1 is 1.28 bits per heavy atom. The second kappa shape index (κ2) is 12.2. The number of rotatable bonds is 8. The van der Waals surface area contributed by atoms with Gasteiger partial charge in [-0.25, -0.2) is 13.8 Å². The molecule has 12 heteroatoms. The van der Waals surface area contributed by atoms with Crippen LogP contribution < -0.4 is 10.1 Å². The number of aldehydes is 1. The van der Waals surface area contributed by atoms with Gasteiger partial charge in [0, 0.05) is 34.8 Å². The smallest absolute Gasteiger partial charge is 0.251 e. The Morgan fingerprint density at radius 2 is 2.07 bits per heavy atom. The summed E-state index contributed by atoms with van der Waals surface area (Å²) in [5, 5.41) is 6.73. The van der Waals surface area contributed by atoms with E-state index in [-0.39, 0.29) is 52.8 Å². The molecule has 46 heavy (non-hydrogen) atoms. The Morgan fingerprint density at radius 3 is 2.78 bits per heavy atom. The molecule has 1 amide bonds. The number of ether oxygens (including phenoxy) is 1. The van der Waals surface area contributed by atoms with Gasteiger partial charge >= 0.3 is 0 Å². The quantitative estimate of drug-likeness (QED) is 0.0915. The SMILES string of the molecule is Cc1cnc2c(Cl)cc(C(=O)NCC(C=O)(c3cc4c(c(-c5ccc(F)c(Br)c5F)n3)OC[C@]4(C)C#CCN=O)C3CC3)cc2c1. The summed E-state index contributed by atoms with van der Waals surface area (Å²) in [6, 6.07) is 9.15. The van der Waals surface area contributed by atoms with Gasteiger partial charge in [-0.1, -0.05) is 28.6 Å². The van der Waals surface area contributed by atoms with Gasteiger partial charge < -0.3 is 14.8 Å². The second-order valence-electron chi connectivity index (χ2n) is 11.8. The molecule has 6 rings (SSSR count). The van der Waals surface area contributed by atoms with Crippen molar-refractivity contribution in [2.45, 2.75) is 37.5 Å². The summed E-state index contributed by atoms with van der Waals surface area (Å²) < 4.78 is 35.4. The van der Waals surface area contributed by atoms with E-state index in [1.807, 2.05) is 13.0 Å². The maximum absolute atomic E-state index is 15.5. The van der Waals surface area contributed by atoms with Gasteiger partial charge in [-0.2, -0.15) is 0 Å². The highest BCUT2D eigenvalue weighted by Crippen LogP contribution is 2.50. The summed E-state index contributed by atoms with van der Waals surface area (Å²) in [6.07, 6.45) is 3.86. The number of carbonyl (C=O) groups excluding carboxylic acids is 2. The number of nitrogens with zero attached hydrogens (tertiary/aromatic N) is 3. The van der Waals surface area contributed by atoms with E-state index >= 15 is 4.39 Å². The van der Waals surface area contributed by atoms with E-state index in [0.717, 1.165) is 17.9 Å². The highest BCUT2D eigenvalue weighted by atomic mass is 79.9. The summed E-state index contributed by atoms with van der Waals surface area (Å²) >= 11 is 9.42. The topological polar surface area (TPSA) is 111 Å². The molecular weight excluding hydrogens is 682 g/mol. The van der Waals surface area contributed by atoms with Gasteiger partial charge in [-0.3, -0.25) is 9.78 Å². The molecule has 1 aliphatic heterocycles. The van der Waals surface area contributed by atoms with Gasteiger partial charge in [-0.15, -0.1) is 4.91 Å². The number of fused-ring (bicyclic) bond motifs is 2. The molecule has 4 aromatic rings. The number of nitrogens with one attached hydrogen (secondary N) is 1. The van der Waals surface area contributed by atoms with E-state index in [4.69, 9.17) is 21.3 Å². The number of aryl methyl sites for hydroxylation is 1. The van der Waals surface area contributed by atoms with Crippen molar-refractivity contribution >= 4 is 50.6 Å². The third-order valence-corrected chi connectivity index (χ3v) is 9.56. The first kappa shape index (κ1) is 31.7. The average molecular weight is 708 g/mol. The molecule has 234 valence electrons. The number of aromatic nitrogens is 2. The summed E-state index contributed by atoms with van der Waals surface area (Å²) in [5.41, 5.74) is 0.316. The average Bonchev–Trinajstić information content (AvgIpc) is 3.84. The molecule has 1 unspecified atom stereocenters. The fraction of sp³-hybridized carbons (Fsp3) is 0.294. The zero-order chi connectivity index (χ0) is 32.8. The standard InChI is InChI=1S/C34H26BrClF2N4O4/c1-18-10-19-11-20(12-24(36)29(19)39-14-18)32(44)40-15-34(16-43,21-4-5-21)26-13-23-31(46-17-33(23,2)8-3-9-41-45)30(42-26)22-6-7-25(37)27(35)28(22)38/h6-7,10-14,16,21H,4-5,9,15,17H2,1-2H3,(H,40,44)/t33-,34?/m0/s1. The molecule has 0 spiro atoms. The Bertz CT molecular complexity index is 2010. The second-order valence-corrected chi connectivity index (χ2v) is 13.0. The zero-order valence-corrected chi connectivity index (χ0v) is 27.1. The van der Waals surface area contributed by atoms with Crippen molar-refractivity contribution < 1.29 is 23.1 Å². The van der Waals surface area contributed by atoms with Crippen molar-refractivity contribution in [3.8, 4) is 28.8 Å². The summed E-state index contributed by atoms with van der Waals surface area (Å²) in [7, 11) is 0. The first-order valence-corrected chi connectivity index (χ1v) is 15.6. The minimum absolute atomic E-state index is 0.0486. The lowest BCUT2D eigenvalue weighted by molar-refractivity contribution is -0.113. The van der Waals surface area contributed by atoms with Gasteiger partial charge in [0.15, 0.2) is 5.75 Å². The van der Waals surface area contributed by atoms with Crippen LogP contribution in [0.5, 0.6) is 5.75 Å². The molecule has 2 aromatic heterocycles. The third kappa shape index (κ3) is 5.54. The number of hydrogen-bond donors (Lipinski definition) is 1. The Kier molecular flexibility index (Phi) is 8.38. The van der Waals surface area contributed by atoms with Crippen molar-refractivity contribution in [1.29, 1.82) is 0 Å². The molecule has 1 fully saturated rings. The number of benzene rings is 2. The Balaban J connectivity index is 1.46. The van der Waals surface area contributed by atoms with Crippen molar-refractivity contribution in [2.75, 3.05) is 19.7 Å². The number of nitroso groups, excluding NO2 is 1. The fourth-order valence-corrected chi connectivity index (χ4v) is 6.52. The predicted molar refractivity (Wildman–Crippen MR) is 173 cm³/mol. The predicted octanol–water partition coefficient (Wildman–Crippen LogP) is 7.00. The summed E-state index contributed by atoms with van der Waals surface area (Å²) in [4.78, 5) is 46.6. The van der Waals surface area contributed by atoms with Crippen LogP contribution in [0.25, 0.3) is 22.2 Å². The number of amides is 1. The lowest BCUT2D eigenvalue weighted by atomic mass is 9.77. The third-order valence-electron chi connectivity index (χ3n) is 8.54. The monoisotopic (exact) mass is 706 g/mol. The van der Waals surface area contributed by atoms with Crippen LogP contribution in [0.4, 0.5) is 8.78 Å². The van der Waals surface area contributed by atoms with Crippen LogP contribution >= 0.6 is 27.5 Å². The maximum atomic E-state index is 15.5. The molecule has 0 radical (unpaired) electrons. The van der Waals surface area contributed by atoms with Crippen LogP contribution in [0.2, 0.25) is 5.02 Å². The van der Waals surface area contributed by atoms with Crippen LogP contribution in [-0.2, 0) is 15.6 Å². The van der Waals surface area contributed by atoms with E-state index in [2.05, 4.69) is 43.2 Å². The molecule has 2 atom stereocenters. The van der Waals surface area contributed by atoms with Crippen LogP contribution in [0.3, 0.4) is 0 Å². The van der Waals surface area contributed by atoms with Gasteiger partial charge in [0.2, 0.25) is 0 Å². The molecule has 2 aliphatic rings. The lowest BCUT2D eigenvalue weighted by Crippen LogP contribution is -2.44. The van der Waals surface area contributed by atoms with E-state index in [9.17, 15) is 18.9 Å². The van der Waals surface area contributed by atoms with E-state index in [1.165, 1.54) is 12.1 Å². The molecule has 0 bridgehead atoms. The minimum Gasteiger partial charge on any atom is -0.489 e. The number of halogens is 4. The highest BCUT2D eigenvalue weighted by molar-refractivity contribution is 9.10. The summed E-state index contributed by atoms with van der Waals surface area (Å²) in [5.74, 6) is 3.68. The van der Waals surface area contributed by atoms with Crippen molar-refractivity contribution in [3.05, 3.63) is 91.0 Å². The molecular formula is C34H26BrClF2N4O4. The van der Waals surface area contributed by atoms with Crippen molar-refractivity contribution in [1.82, 2.24) is 15.3 Å². The first-order valence-electron chi connectivity index (χ1n) is 14.4. The maximum Gasteiger partial charge on any atom is 0.251 e. The molecule has 1 saturated carbocycles. The van der Waals surface area contributed by atoms with Crippen LogP contribution in [-0.4, -0.2) is 41.9 Å². The van der Waals surface area contributed by atoms with Gasteiger partial charge in [-0.05, 0) is 90.5 Å². The molecule has 8 nitrogen and oxygen atoms in total. The normalized spacial score (nSPS) is 18.1. The number of carbonyl (C=O) groups is 2. The van der Waals surface area contributed by atoms with Gasteiger partial charge in [0.05, 0.1) is 31.5 Å². The van der Waals surface area contributed by atoms with Gasteiger partial charge in [0.1, 0.15) is 36.8 Å². The Labute approximate surface area is 276 Å². The van der Waals surface area contributed by atoms with E-state index in [1.54, 1.807) is 25.3 Å². The molecule has 2 aromatic carbocycles.